The number of hydrogen-bond donors (Lipinski definition) is 0. The summed E-state index contributed by atoms with van der Waals surface area (Å²) >= 11 is 1.46. The summed E-state index contributed by atoms with van der Waals surface area (Å²) in [6.45, 7) is 4.59. The Kier molecular flexibility index (Phi) is 5.95. The second kappa shape index (κ2) is 8.37. The third kappa shape index (κ3) is 4.25. The molecular formula is C18H23N3O4S. The topological polar surface area (TPSA) is 64.1 Å². The molecule has 140 valence electrons. The van der Waals surface area contributed by atoms with Gasteiger partial charge in [0.25, 0.3) is 5.91 Å². The maximum absolute atomic E-state index is 12.9. The zero-order valence-electron chi connectivity index (χ0n) is 15.2. The molecule has 0 unspecified atom stereocenters. The molecule has 0 atom stereocenters. The van der Waals surface area contributed by atoms with Crippen molar-refractivity contribution in [3.63, 3.8) is 0 Å². The molecule has 0 spiro atoms. The minimum Gasteiger partial charge on any atom is -0.494 e. The number of anilines is 1. The number of hydrogen-bond acceptors (Lipinski definition) is 7. The quantitative estimate of drug-likeness (QED) is 0.739. The summed E-state index contributed by atoms with van der Waals surface area (Å²) in [7, 11) is 3.93. The lowest BCUT2D eigenvalue weighted by Crippen LogP contribution is -2.38. The van der Waals surface area contributed by atoms with Crippen LogP contribution >= 0.6 is 11.3 Å². The molecule has 2 aromatic rings. The molecule has 0 aliphatic carbocycles. The molecular weight excluding hydrogens is 354 g/mol. The van der Waals surface area contributed by atoms with Gasteiger partial charge in [-0.15, -0.1) is 0 Å². The molecule has 0 bridgehead atoms. The number of fused-ring (bicyclic) bond motifs is 1. The van der Waals surface area contributed by atoms with Gasteiger partial charge in [-0.1, -0.05) is 11.3 Å². The molecule has 8 heteroatoms. The van der Waals surface area contributed by atoms with E-state index in [1.54, 1.807) is 4.90 Å². The molecule has 2 heterocycles. The molecule has 0 fully saturated rings. The predicted molar refractivity (Wildman–Crippen MR) is 102 cm³/mol. The van der Waals surface area contributed by atoms with Crippen molar-refractivity contribution in [2.24, 2.45) is 0 Å². The van der Waals surface area contributed by atoms with E-state index in [2.05, 4.69) is 4.98 Å². The van der Waals surface area contributed by atoms with Gasteiger partial charge in [-0.3, -0.25) is 9.69 Å². The van der Waals surface area contributed by atoms with Crippen LogP contribution in [-0.4, -0.2) is 62.8 Å². The Morgan fingerprint density at radius 3 is 2.85 bits per heavy atom. The zero-order chi connectivity index (χ0) is 18.5. The van der Waals surface area contributed by atoms with Crippen molar-refractivity contribution in [2.45, 2.75) is 6.92 Å². The number of rotatable bonds is 7. The van der Waals surface area contributed by atoms with Crippen LogP contribution < -0.4 is 9.64 Å². The van der Waals surface area contributed by atoms with Gasteiger partial charge >= 0.3 is 0 Å². The Balaban J connectivity index is 1.91. The van der Waals surface area contributed by atoms with Crippen molar-refractivity contribution >= 4 is 32.6 Å². The van der Waals surface area contributed by atoms with Crippen LogP contribution in [0, 0.1) is 0 Å². The fourth-order valence-electron chi connectivity index (χ4n) is 2.46. The summed E-state index contributed by atoms with van der Waals surface area (Å²) in [5.41, 5.74) is 0.839. The molecule has 1 aromatic heterocycles. The molecule has 7 nitrogen and oxygen atoms in total. The lowest BCUT2D eigenvalue weighted by molar-refractivity contribution is -0.119. The monoisotopic (exact) mass is 377 g/mol. The van der Waals surface area contributed by atoms with E-state index in [4.69, 9.17) is 14.2 Å². The normalized spacial score (nSPS) is 13.9. The van der Waals surface area contributed by atoms with Crippen LogP contribution in [0.1, 0.15) is 6.92 Å². The van der Waals surface area contributed by atoms with E-state index < -0.39 is 0 Å². The minimum atomic E-state index is -0.240. The Bertz CT molecular complexity index is 803. The summed E-state index contributed by atoms with van der Waals surface area (Å²) in [5.74, 6) is 0.771. The fraction of sp³-hybridized carbons (Fsp3) is 0.444. The molecule has 0 saturated carbocycles. The van der Waals surface area contributed by atoms with E-state index in [-0.39, 0.29) is 11.7 Å². The van der Waals surface area contributed by atoms with Gasteiger partial charge in [0.15, 0.2) is 5.13 Å². The molecule has 0 saturated heterocycles. The van der Waals surface area contributed by atoms with E-state index in [1.807, 2.05) is 44.1 Å². The maximum atomic E-state index is 12.9. The van der Waals surface area contributed by atoms with Gasteiger partial charge in [0.2, 0.25) is 5.76 Å². The van der Waals surface area contributed by atoms with Crippen molar-refractivity contribution < 1.29 is 19.0 Å². The Morgan fingerprint density at radius 1 is 1.31 bits per heavy atom. The molecule has 1 aromatic carbocycles. The summed E-state index contributed by atoms with van der Waals surface area (Å²) in [6.07, 6.45) is 1.38. The number of ether oxygens (including phenoxy) is 3. The highest BCUT2D eigenvalue weighted by Gasteiger charge is 2.26. The van der Waals surface area contributed by atoms with Crippen LogP contribution in [0.15, 0.2) is 30.2 Å². The van der Waals surface area contributed by atoms with Gasteiger partial charge in [-0.05, 0) is 39.2 Å². The molecule has 1 aliphatic heterocycles. The summed E-state index contributed by atoms with van der Waals surface area (Å²) in [4.78, 5) is 21.2. The maximum Gasteiger partial charge on any atom is 0.298 e. The predicted octanol–water partition coefficient (Wildman–Crippen LogP) is 2.48. The largest absolute Gasteiger partial charge is 0.494 e. The summed E-state index contributed by atoms with van der Waals surface area (Å²) < 4.78 is 17.2. The fourth-order valence-corrected chi connectivity index (χ4v) is 3.48. The highest BCUT2D eigenvalue weighted by atomic mass is 32.1. The first-order chi connectivity index (χ1) is 12.6. The minimum absolute atomic E-state index is 0.212. The van der Waals surface area contributed by atoms with Gasteiger partial charge in [-0.2, -0.15) is 0 Å². The molecule has 1 amide bonds. The van der Waals surface area contributed by atoms with Crippen LogP contribution in [0.25, 0.3) is 10.2 Å². The van der Waals surface area contributed by atoms with Gasteiger partial charge in [0.05, 0.1) is 16.8 Å². The van der Waals surface area contributed by atoms with E-state index in [0.717, 1.165) is 16.0 Å². The molecule has 0 radical (unpaired) electrons. The summed E-state index contributed by atoms with van der Waals surface area (Å²) in [5, 5.41) is 0.635. The number of likely N-dealkylation sites (N-methyl/N-ethyl adjacent to an activating group) is 1. The van der Waals surface area contributed by atoms with Gasteiger partial charge in [0, 0.05) is 13.1 Å². The number of thiazole rings is 1. The van der Waals surface area contributed by atoms with Gasteiger partial charge in [-0.25, -0.2) is 4.98 Å². The van der Waals surface area contributed by atoms with E-state index >= 15 is 0 Å². The van der Waals surface area contributed by atoms with Crippen LogP contribution in [0.5, 0.6) is 5.75 Å². The Labute approximate surface area is 156 Å². The van der Waals surface area contributed by atoms with Crippen LogP contribution in [0.4, 0.5) is 5.13 Å². The Hall–Kier alpha value is -2.32. The Morgan fingerprint density at radius 2 is 2.15 bits per heavy atom. The van der Waals surface area contributed by atoms with Crippen molar-refractivity contribution in [1.29, 1.82) is 0 Å². The second-order valence-corrected chi connectivity index (χ2v) is 7.03. The first kappa shape index (κ1) is 18.5. The standard InChI is InChI=1S/C18H23N3O4S/c1-4-24-13-5-6-14-16(11-13)26-18(19-14)21(8-7-20(2)3)17(22)15-12-23-9-10-25-15/h5-6,11-12H,4,7-10H2,1-3H3. The van der Waals surface area contributed by atoms with E-state index in [9.17, 15) is 4.79 Å². The van der Waals surface area contributed by atoms with Crippen molar-refractivity contribution in [2.75, 3.05) is 51.9 Å². The van der Waals surface area contributed by atoms with Gasteiger partial charge < -0.3 is 19.1 Å². The SMILES string of the molecule is CCOc1ccc2nc(N(CCN(C)C)C(=O)C3=COCCO3)sc2c1. The number of nitrogens with zero attached hydrogens (tertiary/aromatic N) is 3. The average molecular weight is 377 g/mol. The first-order valence-electron chi connectivity index (χ1n) is 8.53. The third-order valence-electron chi connectivity index (χ3n) is 3.77. The molecule has 3 rings (SSSR count). The smallest absolute Gasteiger partial charge is 0.298 e. The third-order valence-corrected chi connectivity index (χ3v) is 4.81. The number of aromatic nitrogens is 1. The molecule has 26 heavy (non-hydrogen) atoms. The van der Waals surface area contributed by atoms with Crippen LogP contribution in [-0.2, 0) is 14.3 Å². The lowest BCUT2D eigenvalue weighted by Gasteiger charge is -2.24. The molecule has 0 N–H and O–H groups in total. The second-order valence-electron chi connectivity index (χ2n) is 6.02. The van der Waals surface area contributed by atoms with E-state index in [0.29, 0.717) is 38.0 Å². The number of amides is 1. The number of benzene rings is 1. The highest BCUT2D eigenvalue weighted by Crippen LogP contribution is 2.32. The van der Waals surface area contributed by atoms with Crippen molar-refractivity contribution in [3.05, 3.63) is 30.2 Å². The lowest BCUT2D eigenvalue weighted by atomic mass is 10.3. The van der Waals surface area contributed by atoms with Gasteiger partial charge in [0.1, 0.15) is 25.2 Å². The number of carbonyl (C=O) groups excluding carboxylic acids is 1. The zero-order valence-corrected chi connectivity index (χ0v) is 16.0. The molecule has 1 aliphatic rings. The highest BCUT2D eigenvalue weighted by molar-refractivity contribution is 7.22. The summed E-state index contributed by atoms with van der Waals surface area (Å²) in [6, 6.07) is 5.75. The number of carbonyl (C=O) groups is 1. The van der Waals surface area contributed by atoms with Crippen molar-refractivity contribution in [1.82, 2.24) is 9.88 Å². The van der Waals surface area contributed by atoms with E-state index in [1.165, 1.54) is 17.6 Å². The van der Waals surface area contributed by atoms with Crippen LogP contribution in [0.3, 0.4) is 0 Å². The van der Waals surface area contributed by atoms with Crippen LogP contribution in [0.2, 0.25) is 0 Å². The first-order valence-corrected chi connectivity index (χ1v) is 9.34. The average Bonchev–Trinajstić information content (AvgIpc) is 3.05. The van der Waals surface area contributed by atoms with Crippen molar-refractivity contribution in [3.8, 4) is 5.75 Å².